The Bertz CT molecular complexity index is 1370. The Morgan fingerprint density at radius 3 is 2.26 bits per heavy atom. The van der Waals surface area contributed by atoms with E-state index in [0.717, 1.165) is 12.1 Å². The fourth-order valence-electron chi connectivity index (χ4n) is 3.09. The molecular weight excluding hydrogens is 472 g/mol. The highest BCUT2D eigenvalue weighted by Gasteiger charge is 2.19. The maximum Gasteiger partial charge on any atom is 0.228 e. The Balaban J connectivity index is 1.59. The molecule has 0 heterocycles. The Morgan fingerprint density at radius 1 is 1.00 bits per heavy atom. The number of benzene rings is 3. The van der Waals surface area contributed by atoms with Crippen LogP contribution in [0.1, 0.15) is 31.9 Å². The lowest BCUT2D eigenvalue weighted by molar-refractivity contribution is -0.115. The van der Waals surface area contributed by atoms with Gasteiger partial charge in [-0.25, -0.2) is 17.2 Å². The van der Waals surface area contributed by atoms with Gasteiger partial charge in [-0.15, -0.1) is 0 Å². The summed E-state index contributed by atoms with van der Waals surface area (Å²) in [5.41, 5.74) is 0.902. The minimum Gasteiger partial charge on any atom is -0.472 e. The molecule has 35 heavy (non-hydrogen) atoms. The Hall–Kier alpha value is -3.70. The molecule has 1 amide bonds. The van der Waals surface area contributed by atoms with Crippen LogP contribution in [-0.4, -0.2) is 25.7 Å². The number of rotatable bonds is 7. The van der Waals surface area contributed by atoms with E-state index < -0.39 is 27.1 Å². The van der Waals surface area contributed by atoms with E-state index in [0.29, 0.717) is 16.8 Å². The van der Waals surface area contributed by atoms with Gasteiger partial charge in [0.25, 0.3) is 0 Å². The molecule has 5 nitrogen and oxygen atoms in total. The normalized spacial score (nSPS) is 11.3. The number of carbonyl (C=O) groups is 1. The van der Waals surface area contributed by atoms with Crippen LogP contribution >= 0.6 is 0 Å². The van der Waals surface area contributed by atoms with Gasteiger partial charge in [-0.05, 0) is 67.9 Å². The molecule has 0 unspecified atom stereocenters. The van der Waals surface area contributed by atoms with Crippen molar-refractivity contribution in [3.8, 4) is 17.6 Å². The molecule has 182 valence electrons. The summed E-state index contributed by atoms with van der Waals surface area (Å²) in [7, 11) is -3.28. The zero-order chi connectivity index (χ0) is 25.6. The van der Waals surface area contributed by atoms with Crippen molar-refractivity contribution < 1.29 is 26.7 Å². The second-order valence-electron chi connectivity index (χ2n) is 8.29. The van der Waals surface area contributed by atoms with E-state index in [2.05, 4.69) is 17.2 Å². The van der Waals surface area contributed by atoms with E-state index in [1.807, 2.05) is 0 Å². The number of ether oxygens (including phenoxy) is 1. The molecule has 3 rings (SSSR count). The summed E-state index contributed by atoms with van der Waals surface area (Å²) in [5, 5.41) is 2.79. The standard InChI is InChI=1S/C27H25F2NO4S/c1-4-35(32,33)23-12-7-20(8-13-23)17-26(31)30-22-10-5-19(6-11-22)15-16-27(2,3)34-25-14-9-21(28)18-24(25)29/h5-14,18H,4,17H2,1-3H3,(H,30,31). The number of nitrogens with one attached hydrogen (secondary N) is 1. The molecule has 1 N–H and O–H groups in total. The van der Waals surface area contributed by atoms with Crippen molar-refractivity contribution in [1.82, 2.24) is 0 Å². The van der Waals surface area contributed by atoms with Crippen molar-refractivity contribution >= 4 is 21.4 Å². The highest BCUT2D eigenvalue weighted by Crippen LogP contribution is 2.23. The summed E-state index contributed by atoms with van der Waals surface area (Å²) in [4.78, 5) is 12.6. The molecule has 8 heteroatoms. The number of anilines is 1. The average molecular weight is 498 g/mol. The maximum absolute atomic E-state index is 13.8. The molecule has 0 aliphatic heterocycles. The molecule has 0 fully saturated rings. The van der Waals surface area contributed by atoms with E-state index >= 15 is 0 Å². The molecule has 0 bridgehead atoms. The van der Waals surface area contributed by atoms with Crippen molar-refractivity contribution in [3.05, 3.63) is 89.5 Å². The van der Waals surface area contributed by atoms with Gasteiger partial charge in [-0.1, -0.05) is 30.9 Å². The fourth-order valence-corrected chi connectivity index (χ4v) is 3.97. The molecule has 0 aliphatic rings. The molecule has 3 aromatic carbocycles. The van der Waals surface area contributed by atoms with Gasteiger partial charge >= 0.3 is 0 Å². The Labute approximate surface area is 204 Å². The first-order chi connectivity index (χ1) is 16.5. The number of amides is 1. The highest BCUT2D eigenvalue weighted by molar-refractivity contribution is 7.91. The van der Waals surface area contributed by atoms with Crippen molar-refractivity contribution in [2.45, 2.75) is 37.7 Å². The van der Waals surface area contributed by atoms with E-state index in [9.17, 15) is 22.0 Å². The van der Waals surface area contributed by atoms with Crippen molar-refractivity contribution in [3.63, 3.8) is 0 Å². The number of hydrogen-bond donors (Lipinski definition) is 1. The number of halogens is 2. The van der Waals surface area contributed by atoms with Crippen molar-refractivity contribution in [2.24, 2.45) is 0 Å². The van der Waals surface area contributed by atoms with Crippen LogP contribution in [0.5, 0.6) is 5.75 Å². The summed E-state index contributed by atoms with van der Waals surface area (Å²) < 4.78 is 56.2. The second-order valence-corrected chi connectivity index (χ2v) is 10.6. The third kappa shape index (κ3) is 7.39. The molecule has 3 aromatic rings. The lowest BCUT2D eigenvalue weighted by Crippen LogP contribution is -2.26. The smallest absolute Gasteiger partial charge is 0.228 e. The first-order valence-corrected chi connectivity index (χ1v) is 12.5. The molecule has 0 atom stereocenters. The maximum atomic E-state index is 13.8. The predicted molar refractivity (Wildman–Crippen MR) is 131 cm³/mol. The van der Waals surface area contributed by atoms with Gasteiger partial charge < -0.3 is 10.1 Å². The number of sulfone groups is 1. The largest absolute Gasteiger partial charge is 0.472 e. The molecule has 0 aromatic heterocycles. The lowest BCUT2D eigenvalue weighted by atomic mass is 10.1. The number of carbonyl (C=O) groups excluding carboxylic acids is 1. The molecule has 0 saturated carbocycles. The minimum absolute atomic E-state index is 0.0184. The SMILES string of the molecule is CCS(=O)(=O)c1ccc(CC(=O)Nc2ccc(C#CC(C)(C)Oc3ccc(F)cc3F)cc2)cc1. The molecule has 0 spiro atoms. The van der Waals surface area contributed by atoms with Gasteiger partial charge in [-0.2, -0.15) is 0 Å². The van der Waals surface area contributed by atoms with Crippen LogP contribution in [-0.2, 0) is 21.1 Å². The van der Waals surface area contributed by atoms with Crippen LogP contribution < -0.4 is 10.1 Å². The van der Waals surface area contributed by atoms with E-state index in [4.69, 9.17) is 4.74 Å². The van der Waals surface area contributed by atoms with Crippen molar-refractivity contribution in [2.75, 3.05) is 11.1 Å². The fraction of sp³-hybridized carbons (Fsp3) is 0.222. The molecule has 0 saturated heterocycles. The van der Waals surface area contributed by atoms with Gasteiger partial charge in [0.1, 0.15) is 5.82 Å². The predicted octanol–water partition coefficient (Wildman–Crippen LogP) is 5.15. The van der Waals surface area contributed by atoms with Crippen LogP contribution in [0.3, 0.4) is 0 Å². The summed E-state index contributed by atoms with van der Waals surface area (Å²) in [6, 6.07) is 16.2. The summed E-state index contributed by atoms with van der Waals surface area (Å²) >= 11 is 0. The second kappa shape index (κ2) is 10.7. The average Bonchev–Trinajstić information content (AvgIpc) is 2.81. The summed E-state index contributed by atoms with van der Waals surface area (Å²) in [6.45, 7) is 4.92. The van der Waals surface area contributed by atoms with Gasteiger partial charge in [0, 0.05) is 17.3 Å². The number of hydrogen-bond acceptors (Lipinski definition) is 4. The van der Waals surface area contributed by atoms with Crippen LogP contribution in [0.4, 0.5) is 14.5 Å². The van der Waals surface area contributed by atoms with E-state index in [-0.39, 0.29) is 28.7 Å². The Kier molecular flexibility index (Phi) is 7.92. The Morgan fingerprint density at radius 2 is 1.66 bits per heavy atom. The lowest BCUT2D eigenvalue weighted by Gasteiger charge is -2.20. The zero-order valence-corrected chi connectivity index (χ0v) is 20.4. The quantitative estimate of drug-likeness (QED) is 0.459. The van der Waals surface area contributed by atoms with E-state index in [1.165, 1.54) is 18.2 Å². The van der Waals surface area contributed by atoms with Gasteiger partial charge in [-0.3, -0.25) is 4.79 Å². The van der Waals surface area contributed by atoms with Crippen LogP contribution in [0.25, 0.3) is 0 Å². The summed E-state index contributed by atoms with van der Waals surface area (Å²) in [5.74, 6) is 4.05. The van der Waals surface area contributed by atoms with Crippen molar-refractivity contribution in [1.29, 1.82) is 0 Å². The van der Waals surface area contributed by atoms with Gasteiger partial charge in [0.2, 0.25) is 5.91 Å². The first-order valence-electron chi connectivity index (χ1n) is 10.9. The highest BCUT2D eigenvalue weighted by atomic mass is 32.2. The summed E-state index contributed by atoms with van der Waals surface area (Å²) in [6.07, 6.45) is 0.0967. The molecular formula is C27H25F2NO4S. The topological polar surface area (TPSA) is 72.5 Å². The third-order valence-electron chi connectivity index (χ3n) is 4.96. The molecule has 0 aliphatic carbocycles. The van der Waals surface area contributed by atoms with Gasteiger partial charge in [0.05, 0.1) is 17.1 Å². The monoisotopic (exact) mass is 497 g/mol. The van der Waals surface area contributed by atoms with Crippen LogP contribution in [0.15, 0.2) is 71.6 Å². The van der Waals surface area contributed by atoms with Gasteiger partial charge in [0.15, 0.2) is 27.0 Å². The van der Waals surface area contributed by atoms with Crippen LogP contribution in [0.2, 0.25) is 0 Å². The molecule has 0 radical (unpaired) electrons. The van der Waals surface area contributed by atoms with E-state index in [1.54, 1.807) is 57.2 Å². The minimum atomic E-state index is -3.28. The first kappa shape index (κ1) is 25.9. The zero-order valence-electron chi connectivity index (χ0n) is 19.6. The third-order valence-corrected chi connectivity index (χ3v) is 6.71. The van der Waals surface area contributed by atoms with Crippen LogP contribution in [0, 0.1) is 23.5 Å².